The van der Waals surface area contributed by atoms with Gasteiger partial charge in [-0.15, -0.1) is 0 Å². The van der Waals surface area contributed by atoms with Crippen molar-refractivity contribution in [3.8, 4) is 11.1 Å². The van der Waals surface area contributed by atoms with Crippen LogP contribution in [0.3, 0.4) is 0 Å². The number of nitrogens with zero attached hydrogens (tertiary/aromatic N) is 6. The number of nitrogens with one attached hydrogen (secondary N) is 2. The normalized spacial score (nSPS) is 16.4. The van der Waals surface area contributed by atoms with Crippen LogP contribution in [0.1, 0.15) is 64.6 Å². The molecule has 2 aromatic heterocycles. The van der Waals surface area contributed by atoms with E-state index in [0.29, 0.717) is 12.1 Å². The van der Waals surface area contributed by atoms with Gasteiger partial charge in [0.05, 0.1) is 17.6 Å². The molecule has 1 amide bonds. The summed E-state index contributed by atoms with van der Waals surface area (Å²) >= 11 is 0. The van der Waals surface area contributed by atoms with Crippen molar-refractivity contribution in [3.63, 3.8) is 0 Å². The van der Waals surface area contributed by atoms with Gasteiger partial charge >= 0.3 is 0 Å². The van der Waals surface area contributed by atoms with E-state index in [2.05, 4.69) is 71.0 Å². The lowest BCUT2D eigenvalue weighted by Gasteiger charge is -2.19. The maximum absolute atomic E-state index is 12.9. The number of amides is 1. The van der Waals surface area contributed by atoms with Crippen molar-refractivity contribution in [2.24, 2.45) is 19.1 Å². The van der Waals surface area contributed by atoms with Gasteiger partial charge in [0.25, 0.3) is 5.91 Å². The second-order valence-electron chi connectivity index (χ2n) is 12.9. The molecule has 6 rings (SSSR count). The Morgan fingerprint density at radius 2 is 1.94 bits per heavy atom. The molecule has 0 spiro atoms. The number of allylic oxidation sites excluding steroid dienone is 5. The van der Waals surface area contributed by atoms with Crippen LogP contribution in [-0.4, -0.2) is 63.8 Å². The highest BCUT2D eigenvalue weighted by Gasteiger charge is 2.25. The molecule has 0 bridgehead atoms. The molecule has 48 heavy (non-hydrogen) atoms. The summed E-state index contributed by atoms with van der Waals surface area (Å²) in [5.74, 6) is 0.733. The van der Waals surface area contributed by atoms with Crippen molar-refractivity contribution < 1.29 is 4.79 Å². The lowest BCUT2D eigenvalue weighted by atomic mass is 9.86. The number of benzene rings is 2. The van der Waals surface area contributed by atoms with Crippen molar-refractivity contribution in [1.82, 2.24) is 29.8 Å². The van der Waals surface area contributed by atoms with Gasteiger partial charge in [0.2, 0.25) is 0 Å². The number of aryl methyl sites for hydroxylation is 4. The van der Waals surface area contributed by atoms with E-state index in [1.54, 1.807) is 0 Å². The number of rotatable bonds is 12. The Morgan fingerprint density at radius 1 is 1.06 bits per heavy atom. The van der Waals surface area contributed by atoms with E-state index in [-0.39, 0.29) is 5.91 Å². The van der Waals surface area contributed by atoms with Crippen LogP contribution in [0.2, 0.25) is 0 Å². The second kappa shape index (κ2) is 14.8. The molecular weight excluding hydrogens is 596 g/mol. The van der Waals surface area contributed by atoms with Gasteiger partial charge in [-0.05, 0) is 98.4 Å². The number of aliphatic imine (C=N–C) groups is 1. The fraction of sp³-hybridized carbons (Fsp3) is 0.333. The molecule has 0 atom stereocenters. The molecule has 248 valence electrons. The SMILES string of the molecule is CCCc1cc(C(=O)NCCCN(C)C)ccc1NC1=C/C=C/C2=C(/C=N\1)CCc1nn(C)c(Cc3cccc(-c4cnn(C)c4)c3)c12. The summed E-state index contributed by atoms with van der Waals surface area (Å²) < 4.78 is 3.88. The third-order valence-corrected chi connectivity index (χ3v) is 8.92. The average Bonchev–Trinajstić information content (AvgIpc) is 3.64. The monoisotopic (exact) mass is 642 g/mol. The Labute approximate surface area is 283 Å². The van der Waals surface area contributed by atoms with Gasteiger partial charge in [0, 0.05) is 61.9 Å². The molecule has 3 heterocycles. The van der Waals surface area contributed by atoms with Crippen LogP contribution in [0.5, 0.6) is 0 Å². The van der Waals surface area contributed by atoms with Gasteiger partial charge in [-0.3, -0.25) is 14.2 Å². The lowest BCUT2D eigenvalue weighted by molar-refractivity contribution is 0.0952. The Balaban J connectivity index is 1.20. The van der Waals surface area contributed by atoms with Crippen LogP contribution in [0.4, 0.5) is 5.69 Å². The van der Waals surface area contributed by atoms with E-state index in [4.69, 9.17) is 10.1 Å². The molecule has 4 aromatic rings. The Morgan fingerprint density at radius 3 is 2.73 bits per heavy atom. The van der Waals surface area contributed by atoms with E-state index in [0.717, 1.165) is 79.0 Å². The Hall–Kier alpha value is -5.02. The van der Waals surface area contributed by atoms with E-state index >= 15 is 0 Å². The first-order valence-corrected chi connectivity index (χ1v) is 16.9. The fourth-order valence-electron chi connectivity index (χ4n) is 6.48. The molecule has 0 radical (unpaired) electrons. The molecule has 2 aliphatic rings. The number of carbonyl (C=O) groups is 1. The number of carbonyl (C=O) groups excluding carboxylic acids is 1. The van der Waals surface area contributed by atoms with Crippen LogP contribution < -0.4 is 10.6 Å². The number of hydrogen-bond acceptors (Lipinski definition) is 6. The molecule has 9 heteroatoms. The summed E-state index contributed by atoms with van der Waals surface area (Å²) in [6.45, 7) is 3.76. The number of fused-ring (bicyclic) bond motifs is 2. The zero-order valence-corrected chi connectivity index (χ0v) is 28.8. The van der Waals surface area contributed by atoms with Gasteiger partial charge in [0.1, 0.15) is 5.82 Å². The quantitative estimate of drug-likeness (QED) is 0.176. The molecule has 0 fully saturated rings. The highest BCUT2D eigenvalue weighted by Crippen LogP contribution is 2.36. The van der Waals surface area contributed by atoms with Gasteiger partial charge < -0.3 is 15.5 Å². The summed E-state index contributed by atoms with van der Waals surface area (Å²) in [6, 6.07) is 14.6. The predicted octanol–water partition coefficient (Wildman–Crippen LogP) is 6.34. The number of hydrogen-bond donors (Lipinski definition) is 2. The maximum Gasteiger partial charge on any atom is 0.251 e. The van der Waals surface area contributed by atoms with Crippen molar-refractivity contribution in [2.75, 3.05) is 32.5 Å². The standard InChI is InChI=1S/C39H46N8O/c1-6-10-29-23-30(39(48)40-19-9-20-45(2)3)15-17-34(29)43-37-14-8-13-33-31(24-41-37)16-18-35-38(33)36(47(5)44-35)22-27-11-7-12-28(21-27)32-25-42-46(4)26-32/h7-8,11-15,17,21,23-26H,6,9-10,16,18-20,22H2,1-5H3,(H,40,48)(H,41,43). The van der Waals surface area contributed by atoms with Gasteiger partial charge in [0.15, 0.2) is 0 Å². The summed E-state index contributed by atoms with van der Waals surface area (Å²) in [7, 11) is 8.08. The van der Waals surface area contributed by atoms with Crippen LogP contribution in [-0.2, 0) is 33.4 Å². The summed E-state index contributed by atoms with van der Waals surface area (Å²) in [6.07, 6.45) is 17.6. The first-order valence-electron chi connectivity index (χ1n) is 16.9. The summed E-state index contributed by atoms with van der Waals surface area (Å²) in [5.41, 5.74) is 12.2. The molecule has 1 aliphatic carbocycles. The number of anilines is 1. The molecule has 0 saturated carbocycles. The molecule has 2 aromatic carbocycles. The largest absolute Gasteiger partial charge is 0.352 e. The topological polar surface area (TPSA) is 92.4 Å². The molecule has 0 saturated heterocycles. The zero-order valence-electron chi connectivity index (χ0n) is 28.8. The molecule has 9 nitrogen and oxygen atoms in total. The minimum atomic E-state index is -0.0316. The summed E-state index contributed by atoms with van der Waals surface area (Å²) in [4.78, 5) is 19.9. The number of aromatic nitrogens is 4. The summed E-state index contributed by atoms with van der Waals surface area (Å²) in [5, 5.41) is 15.9. The zero-order chi connectivity index (χ0) is 33.6. The van der Waals surface area contributed by atoms with Crippen LogP contribution in [0, 0.1) is 0 Å². The first kappa shape index (κ1) is 32.9. The average molecular weight is 643 g/mol. The molecule has 1 aliphatic heterocycles. The smallest absolute Gasteiger partial charge is 0.251 e. The van der Waals surface area contributed by atoms with Crippen molar-refractivity contribution in [3.05, 3.63) is 118 Å². The van der Waals surface area contributed by atoms with Crippen LogP contribution in [0.25, 0.3) is 16.7 Å². The van der Waals surface area contributed by atoms with Crippen molar-refractivity contribution in [2.45, 2.75) is 45.4 Å². The third-order valence-electron chi connectivity index (χ3n) is 8.92. The van der Waals surface area contributed by atoms with Gasteiger partial charge in [-0.1, -0.05) is 49.8 Å². The first-order chi connectivity index (χ1) is 23.3. The molecular formula is C39H46N8O. The van der Waals surface area contributed by atoms with Crippen molar-refractivity contribution in [1.29, 1.82) is 0 Å². The van der Waals surface area contributed by atoms with Gasteiger partial charge in [-0.2, -0.15) is 10.2 Å². The second-order valence-corrected chi connectivity index (χ2v) is 12.9. The molecule has 0 unspecified atom stereocenters. The maximum atomic E-state index is 12.9. The highest BCUT2D eigenvalue weighted by molar-refractivity contribution is 5.98. The van der Waals surface area contributed by atoms with E-state index in [1.807, 2.05) is 73.4 Å². The van der Waals surface area contributed by atoms with E-state index in [9.17, 15) is 4.79 Å². The van der Waals surface area contributed by atoms with Gasteiger partial charge in [-0.25, -0.2) is 4.99 Å². The van der Waals surface area contributed by atoms with Crippen molar-refractivity contribution >= 4 is 23.4 Å². The highest BCUT2D eigenvalue weighted by atomic mass is 16.1. The predicted molar refractivity (Wildman–Crippen MR) is 195 cm³/mol. The Bertz CT molecular complexity index is 1920. The minimum Gasteiger partial charge on any atom is -0.352 e. The lowest BCUT2D eigenvalue weighted by Crippen LogP contribution is -2.27. The van der Waals surface area contributed by atoms with Crippen LogP contribution >= 0.6 is 0 Å². The molecule has 2 N–H and O–H groups in total. The fourth-order valence-corrected chi connectivity index (χ4v) is 6.48. The minimum absolute atomic E-state index is 0.0316. The Kier molecular flexibility index (Phi) is 10.2. The third kappa shape index (κ3) is 7.58. The van der Waals surface area contributed by atoms with Crippen LogP contribution in [0.15, 0.2) is 89.5 Å². The van der Waals surface area contributed by atoms with E-state index in [1.165, 1.54) is 28.0 Å². The van der Waals surface area contributed by atoms with E-state index < -0.39 is 0 Å².